The monoisotopic (exact) mass is 834 g/mol. The van der Waals surface area contributed by atoms with Crippen LogP contribution in [0.4, 0.5) is 0 Å². The molecule has 0 aromatic heterocycles. The maximum atomic E-state index is 12.4. The molecule has 0 aliphatic rings. The minimum absolute atomic E-state index is 0.0115. The molecule has 6 nitrogen and oxygen atoms in total. The van der Waals surface area contributed by atoms with Gasteiger partial charge >= 0.3 is 5.97 Å². The Balaban J connectivity index is 3.50. The van der Waals surface area contributed by atoms with E-state index in [1.807, 2.05) is 0 Å². The van der Waals surface area contributed by atoms with E-state index in [2.05, 4.69) is 31.3 Å². The normalized spacial score (nSPS) is 12.7. The smallest absolute Gasteiger partial charge is 0.305 e. The van der Waals surface area contributed by atoms with Crippen molar-refractivity contribution in [3.05, 3.63) is 12.2 Å². The van der Waals surface area contributed by atoms with Crippen molar-refractivity contribution in [2.75, 3.05) is 13.2 Å². The van der Waals surface area contributed by atoms with Gasteiger partial charge in [-0.15, -0.1) is 0 Å². The van der Waals surface area contributed by atoms with Gasteiger partial charge in [0.1, 0.15) is 0 Å². The van der Waals surface area contributed by atoms with Crippen LogP contribution < -0.4 is 5.32 Å². The summed E-state index contributed by atoms with van der Waals surface area (Å²) in [5.74, 6) is -0.0744. The summed E-state index contributed by atoms with van der Waals surface area (Å²) in [6.45, 7) is 4.92. The van der Waals surface area contributed by atoms with Crippen LogP contribution in [-0.2, 0) is 14.3 Å². The summed E-state index contributed by atoms with van der Waals surface area (Å²) in [5.41, 5.74) is 0. The number of aliphatic hydroxyl groups excluding tert-OH is 2. The molecular weight excluding hydrogens is 731 g/mol. The highest BCUT2D eigenvalue weighted by Gasteiger charge is 2.20. The summed E-state index contributed by atoms with van der Waals surface area (Å²) >= 11 is 0. The van der Waals surface area contributed by atoms with Crippen LogP contribution in [0.5, 0.6) is 0 Å². The molecule has 1 amide bonds. The first-order valence-corrected chi connectivity index (χ1v) is 26.4. The Morgan fingerprint density at radius 3 is 1.22 bits per heavy atom. The molecule has 0 saturated carbocycles. The molecule has 0 spiro atoms. The molecule has 0 radical (unpaired) electrons. The fourth-order valence-electron chi connectivity index (χ4n) is 8.22. The molecule has 350 valence electrons. The summed E-state index contributed by atoms with van der Waals surface area (Å²) in [7, 11) is 0. The maximum absolute atomic E-state index is 12.4. The second-order valence-corrected chi connectivity index (χ2v) is 18.2. The minimum Gasteiger partial charge on any atom is -0.466 e. The van der Waals surface area contributed by atoms with E-state index in [1.165, 1.54) is 186 Å². The second-order valence-electron chi connectivity index (χ2n) is 18.2. The molecular formula is C53H103NO5. The van der Waals surface area contributed by atoms with Gasteiger partial charge in [0.2, 0.25) is 5.91 Å². The van der Waals surface area contributed by atoms with Gasteiger partial charge in [-0.1, -0.05) is 238 Å². The molecule has 59 heavy (non-hydrogen) atoms. The van der Waals surface area contributed by atoms with Gasteiger partial charge in [0.15, 0.2) is 0 Å². The van der Waals surface area contributed by atoms with Crippen LogP contribution in [-0.4, -0.2) is 47.4 Å². The predicted octanol–water partition coefficient (Wildman–Crippen LogP) is 15.7. The summed E-state index contributed by atoms with van der Waals surface area (Å²) in [6.07, 6.45) is 56.1. The average Bonchev–Trinajstić information content (AvgIpc) is 3.24. The Kier molecular flexibility index (Phi) is 48.1. The molecule has 0 saturated heterocycles. The van der Waals surface area contributed by atoms with Crippen LogP contribution in [0.15, 0.2) is 12.2 Å². The standard InChI is InChI=1S/C53H103NO5/c1-3-5-7-9-11-13-15-17-18-19-20-22-25-29-33-37-41-45-51(56)50(49-55)54-52(57)46-42-38-34-30-26-23-21-24-28-32-36-40-44-48-59-53(58)47-43-39-35-31-27-16-14-12-10-8-6-4-2/h23,26,50-51,55-56H,3-22,24-25,27-49H2,1-2H3,(H,54,57)/b26-23-. The van der Waals surface area contributed by atoms with Gasteiger partial charge in [0.05, 0.1) is 25.4 Å². The number of amides is 1. The molecule has 0 heterocycles. The summed E-state index contributed by atoms with van der Waals surface area (Å²) in [4.78, 5) is 24.4. The highest BCUT2D eigenvalue weighted by atomic mass is 16.5. The number of carbonyl (C=O) groups is 2. The maximum Gasteiger partial charge on any atom is 0.305 e. The van der Waals surface area contributed by atoms with Crippen LogP contribution in [0.3, 0.4) is 0 Å². The van der Waals surface area contributed by atoms with E-state index < -0.39 is 12.1 Å². The molecule has 2 unspecified atom stereocenters. The van der Waals surface area contributed by atoms with Gasteiger partial charge in [-0.3, -0.25) is 9.59 Å². The van der Waals surface area contributed by atoms with E-state index >= 15 is 0 Å². The lowest BCUT2D eigenvalue weighted by molar-refractivity contribution is -0.143. The fourth-order valence-corrected chi connectivity index (χ4v) is 8.22. The van der Waals surface area contributed by atoms with Crippen LogP contribution in [0.2, 0.25) is 0 Å². The van der Waals surface area contributed by atoms with Crippen molar-refractivity contribution in [2.24, 2.45) is 0 Å². The molecule has 3 N–H and O–H groups in total. The zero-order chi connectivity index (χ0) is 43.0. The predicted molar refractivity (Wildman–Crippen MR) is 255 cm³/mol. The molecule has 2 atom stereocenters. The van der Waals surface area contributed by atoms with Crippen molar-refractivity contribution in [2.45, 2.75) is 302 Å². The molecule has 0 bridgehead atoms. The van der Waals surface area contributed by atoms with Crippen molar-refractivity contribution >= 4 is 11.9 Å². The third-order valence-corrected chi connectivity index (χ3v) is 12.3. The first-order chi connectivity index (χ1) is 29.0. The lowest BCUT2D eigenvalue weighted by Gasteiger charge is -2.22. The molecule has 6 heteroatoms. The van der Waals surface area contributed by atoms with Gasteiger partial charge in [-0.05, 0) is 51.4 Å². The number of allylic oxidation sites excluding steroid dienone is 2. The number of rotatable bonds is 49. The molecule has 0 rings (SSSR count). The lowest BCUT2D eigenvalue weighted by atomic mass is 10.0. The SMILES string of the molecule is CCCCCCCCCCCCCCCCCCCC(O)C(CO)NC(=O)CCCCC/C=C\CCCCCCCCOC(=O)CCCCCCCCCCCCCC. The number of carbonyl (C=O) groups excluding carboxylic acids is 2. The van der Waals surface area contributed by atoms with Crippen molar-refractivity contribution in [1.82, 2.24) is 5.32 Å². The van der Waals surface area contributed by atoms with Crippen LogP contribution in [0.1, 0.15) is 290 Å². The number of unbranched alkanes of at least 4 members (excludes halogenated alkanes) is 36. The zero-order valence-corrected chi connectivity index (χ0v) is 39.7. The summed E-state index contributed by atoms with van der Waals surface area (Å²) < 4.78 is 5.45. The summed E-state index contributed by atoms with van der Waals surface area (Å²) in [5, 5.41) is 23.2. The Labute approximate surface area is 368 Å². The van der Waals surface area contributed by atoms with Crippen LogP contribution >= 0.6 is 0 Å². The van der Waals surface area contributed by atoms with Crippen molar-refractivity contribution in [1.29, 1.82) is 0 Å². The number of hydrogen-bond donors (Lipinski definition) is 3. The Bertz CT molecular complexity index is 878. The fraction of sp³-hybridized carbons (Fsp3) is 0.925. The Hall–Kier alpha value is -1.40. The topological polar surface area (TPSA) is 95.9 Å². The minimum atomic E-state index is -0.680. The number of ether oxygens (including phenoxy) is 1. The van der Waals surface area contributed by atoms with E-state index in [9.17, 15) is 19.8 Å². The number of esters is 1. The molecule has 0 aliphatic heterocycles. The molecule has 0 aliphatic carbocycles. The first kappa shape index (κ1) is 57.6. The van der Waals surface area contributed by atoms with Crippen LogP contribution in [0.25, 0.3) is 0 Å². The van der Waals surface area contributed by atoms with E-state index in [0.717, 1.165) is 70.6 Å². The van der Waals surface area contributed by atoms with E-state index in [1.54, 1.807) is 0 Å². The highest BCUT2D eigenvalue weighted by molar-refractivity contribution is 5.76. The van der Waals surface area contributed by atoms with Gasteiger partial charge in [-0.2, -0.15) is 0 Å². The molecule has 0 aromatic carbocycles. The first-order valence-electron chi connectivity index (χ1n) is 26.4. The van der Waals surface area contributed by atoms with Gasteiger partial charge in [0, 0.05) is 12.8 Å². The van der Waals surface area contributed by atoms with Gasteiger partial charge < -0.3 is 20.3 Å². The number of nitrogens with one attached hydrogen (secondary N) is 1. The third kappa shape index (κ3) is 45.9. The average molecular weight is 834 g/mol. The largest absolute Gasteiger partial charge is 0.466 e. The quantitative estimate of drug-likeness (QED) is 0.0322. The second kappa shape index (κ2) is 49.3. The zero-order valence-electron chi connectivity index (χ0n) is 39.7. The van der Waals surface area contributed by atoms with Gasteiger partial charge in [-0.25, -0.2) is 0 Å². The summed E-state index contributed by atoms with van der Waals surface area (Å²) in [6, 6.07) is -0.560. The molecule has 0 aromatic rings. The van der Waals surface area contributed by atoms with Gasteiger partial charge in [0.25, 0.3) is 0 Å². The van der Waals surface area contributed by atoms with Crippen molar-refractivity contribution in [3.63, 3.8) is 0 Å². The van der Waals surface area contributed by atoms with E-state index in [-0.39, 0.29) is 18.5 Å². The Morgan fingerprint density at radius 2 is 0.797 bits per heavy atom. The lowest BCUT2D eigenvalue weighted by Crippen LogP contribution is -2.45. The van der Waals surface area contributed by atoms with E-state index in [4.69, 9.17) is 4.74 Å². The van der Waals surface area contributed by atoms with Crippen molar-refractivity contribution in [3.8, 4) is 0 Å². The highest BCUT2D eigenvalue weighted by Crippen LogP contribution is 2.17. The number of hydrogen-bond acceptors (Lipinski definition) is 5. The number of aliphatic hydroxyl groups is 2. The van der Waals surface area contributed by atoms with Crippen LogP contribution in [0, 0.1) is 0 Å². The Morgan fingerprint density at radius 1 is 0.458 bits per heavy atom. The third-order valence-electron chi connectivity index (χ3n) is 12.3. The molecule has 0 fully saturated rings. The van der Waals surface area contributed by atoms with Crippen molar-refractivity contribution < 1.29 is 24.5 Å². The van der Waals surface area contributed by atoms with E-state index in [0.29, 0.717) is 25.9 Å².